The van der Waals surface area contributed by atoms with Gasteiger partial charge in [-0.05, 0) is 30.5 Å². The summed E-state index contributed by atoms with van der Waals surface area (Å²) in [6.45, 7) is 2.12. The fourth-order valence-corrected chi connectivity index (χ4v) is 3.37. The summed E-state index contributed by atoms with van der Waals surface area (Å²) in [4.78, 5) is 12.6. The highest BCUT2D eigenvalue weighted by Crippen LogP contribution is 2.36. The number of benzene rings is 1. The maximum Gasteiger partial charge on any atom is 0.263 e. The molecule has 2 unspecified atom stereocenters. The first-order chi connectivity index (χ1) is 9.10. The molecule has 100 valence electrons. The fraction of sp³-hybridized carbons (Fsp3) is 0.357. The van der Waals surface area contributed by atoms with Crippen molar-refractivity contribution >= 4 is 33.0 Å². The van der Waals surface area contributed by atoms with E-state index in [0.29, 0.717) is 21.9 Å². The number of fused-ring (bicyclic) bond motifs is 1. The van der Waals surface area contributed by atoms with Crippen LogP contribution >= 0.6 is 11.3 Å². The van der Waals surface area contributed by atoms with Gasteiger partial charge in [-0.1, -0.05) is 13.3 Å². The molecule has 0 radical (unpaired) electrons. The topological polar surface area (TPSA) is 55.1 Å². The van der Waals surface area contributed by atoms with E-state index in [0.717, 1.165) is 17.5 Å². The van der Waals surface area contributed by atoms with Gasteiger partial charge in [-0.3, -0.25) is 4.79 Å². The van der Waals surface area contributed by atoms with Crippen LogP contribution in [0.15, 0.2) is 18.2 Å². The maximum atomic E-state index is 13.2. The average Bonchev–Trinajstić information content (AvgIpc) is 3.06. The molecule has 1 saturated carbocycles. The number of carbonyl (C=O) groups is 1. The molecular formula is C14H15FN2OS. The Labute approximate surface area is 114 Å². The Morgan fingerprint density at radius 3 is 3.05 bits per heavy atom. The molecule has 2 atom stereocenters. The maximum absolute atomic E-state index is 13.2. The summed E-state index contributed by atoms with van der Waals surface area (Å²) in [7, 11) is 0. The summed E-state index contributed by atoms with van der Waals surface area (Å²) in [5, 5.41) is 3.61. The van der Waals surface area contributed by atoms with Crippen molar-refractivity contribution in [2.45, 2.75) is 25.8 Å². The minimum Gasteiger partial charge on any atom is -0.397 e. The number of amides is 1. The molecule has 0 saturated heterocycles. The Morgan fingerprint density at radius 1 is 1.58 bits per heavy atom. The second kappa shape index (κ2) is 4.49. The second-order valence-corrected chi connectivity index (χ2v) is 6.02. The van der Waals surface area contributed by atoms with Gasteiger partial charge in [0.2, 0.25) is 0 Å². The van der Waals surface area contributed by atoms with Gasteiger partial charge >= 0.3 is 0 Å². The van der Waals surface area contributed by atoms with Crippen LogP contribution in [0.4, 0.5) is 10.1 Å². The van der Waals surface area contributed by atoms with Crippen molar-refractivity contribution < 1.29 is 9.18 Å². The number of halogens is 1. The third kappa shape index (κ3) is 2.18. The van der Waals surface area contributed by atoms with E-state index in [-0.39, 0.29) is 17.8 Å². The van der Waals surface area contributed by atoms with Gasteiger partial charge in [-0.25, -0.2) is 4.39 Å². The molecule has 19 heavy (non-hydrogen) atoms. The van der Waals surface area contributed by atoms with Crippen molar-refractivity contribution in [1.82, 2.24) is 5.32 Å². The highest BCUT2D eigenvalue weighted by atomic mass is 32.1. The lowest BCUT2D eigenvalue weighted by atomic mass is 10.2. The number of carbonyl (C=O) groups excluding carboxylic acids is 1. The van der Waals surface area contributed by atoms with Crippen LogP contribution in [0.25, 0.3) is 10.1 Å². The number of rotatable bonds is 3. The highest BCUT2D eigenvalue weighted by molar-refractivity contribution is 7.21. The highest BCUT2D eigenvalue weighted by Gasteiger charge is 2.37. The molecular weight excluding hydrogens is 263 g/mol. The number of nitrogens with two attached hydrogens (primary N) is 1. The first kappa shape index (κ1) is 12.4. The standard InChI is InChI=1S/C14H15FN2OS/c1-2-7-5-10(7)17-14(18)13-12(16)9-6-8(15)3-4-11(9)19-13/h3-4,6-7,10H,2,5,16H2,1H3,(H,17,18). The molecule has 1 amide bonds. The predicted octanol–water partition coefficient (Wildman–Crippen LogP) is 3.15. The summed E-state index contributed by atoms with van der Waals surface area (Å²) in [6.07, 6.45) is 2.12. The number of anilines is 1. The molecule has 5 heteroatoms. The van der Waals surface area contributed by atoms with Gasteiger partial charge in [-0.2, -0.15) is 0 Å². The molecule has 3 N–H and O–H groups in total. The van der Waals surface area contributed by atoms with E-state index >= 15 is 0 Å². The lowest BCUT2D eigenvalue weighted by Crippen LogP contribution is -2.26. The molecule has 1 aromatic carbocycles. The molecule has 3 nitrogen and oxygen atoms in total. The Balaban J connectivity index is 1.88. The fourth-order valence-electron chi connectivity index (χ4n) is 2.37. The monoisotopic (exact) mass is 278 g/mol. The first-order valence-electron chi connectivity index (χ1n) is 6.38. The summed E-state index contributed by atoms with van der Waals surface area (Å²) in [5.74, 6) is 0.120. The Bertz CT molecular complexity index is 652. The minimum atomic E-state index is -0.336. The van der Waals surface area contributed by atoms with Crippen molar-refractivity contribution in [3.8, 4) is 0 Å². The van der Waals surface area contributed by atoms with E-state index < -0.39 is 0 Å². The largest absolute Gasteiger partial charge is 0.397 e. The lowest BCUT2D eigenvalue weighted by molar-refractivity contribution is 0.0954. The van der Waals surface area contributed by atoms with E-state index in [1.54, 1.807) is 6.07 Å². The van der Waals surface area contributed by atoms with Gasteiger partial charge < -0.3 is 11.1 Å². The zero-order valence-corrected chi connectivity index (χ0v) is 11.4. The molecule has 0 bridgehead atoms. The van der Waals surface area contributed by atoms with Crippen molar-refractivity contribution in [3.05, 3.63) is 28.9 Å². The molecule has 1 heterocycles. The number of hydrogen-bond donors (Lipinski definition) is 2. The molecule has 1 aromatic heterocycles. The summed E-state index contributed by atoms with van der Waals surface area (Å²) >= 11 is 1.32. The van der Waals surface area contributed by atoms with Crippen LogP contribution in [0.1, 0.15) is 29.4 Å². The van der Waals surface area contributed by atoms with Gasteiger partial charge in [0.15, 0.2) is 0 Å². The van der Waals surface area contributed by atoms with E-state index in [2.05, 4.69) is 12.2 Å². The molecule has 1 aliphatic rings. The van der Waals surface area contributed by atoms with E-state index in [1.165, 1.54) is 23.5 Å². The molecule has 0 aliphatic heterocycles. The summed E-state index contributed by atoms with van der Waals surface area (Å²) < 4.78 is 14.0. The van der Waals surface area contributed by atoms with Crippen molar-refractivity contribution in [2.24, 2.45) is 5.92 Å². The zero-order chi connectivity index (χ0) is 13.6. The summed E-state index contributed by atoms with van der Waals surface area (Å²) in [5.41, 5.74) is 6.34. The predicted molar refractivity (Wildman–Crippen MR) is 75.8 cm³/mol. The minimum absolute atomic E-state index is 0.139. The second-order valence-electron chi connectivity index (χ2n) is 4.97. The Kier molecular flexibility index (Phi) is 2.93. The molecule has 0 spiro atoms. The quantitative estimate of drug-likeness (QED) is 0.906. The number of nitrogen functional groups attached to an aromatic ring is 1. The smallest absolute Gasteiger partial charge is 0.263 e. The normalized spacial score (nSPS) is 21.6. The average molecular weight is 278 g/mol. The number of hydrogen-bond acceptors (Lipinski definition) is 3. The number of nitrogens with one attached hydrogen (secondary N) is 1. The van der Waals surface area contributed by atoms with Crippen LogP contribution in [0.3, 0.4) is 0 Å². The van der Waals surface area contributed by atoms with Crippen molar-refractivity contribution in [1.29, 1.82) is 0 Å². The van der Waals surface area contributed by atoms with Gasteiger partial charge in [-0.15, -0.1) is 11.3 Å². The van der Waals surface area contributed by atoms with Crippen LogP contribution < -0.4 is 11.1 Å². The molecule has 2 aromatic rings. The van der Waals surface area contributed by atoms with Gasteiger partial charge in [0.25, 0.3) is 5.91 Å². The van der Waals surface area contributed by atoms with E-state index in [1.807, 2.05) is 0 Å². The van der Waals surface area contributed by atoms with Gasteiger partial charge in [0.05, 0.1) is 5.69 Å². The van der Waals surface area contributed by atoms with Crippen molar-refractivity contribution in [3.63, 3.8) is 0 Å². The van der Waals surface area contributed by atoms with Crippen LogP contribution in [0.2, 0.25) is 0 Å². The third-order valence-electron chi connectivity index (χ3n) is 3.66. The Hall–Kier alpha value is -1.62. The van der Waals surface area contributed by atoms with Crippen LogP contribution in [0, 0.1) is 11.7 Å². The third-order valence-corrected chi connectivity index (χ3v) is 4.84. The van der Waals surface area contributed by atoms with E-state index in [4.69, 9.17) is 5.73 Å². The Morgan fingerprint density at radius 2 is 2.37 bits per heavy atom. The first-order valence-corrected chi connectivity index (χ1v) is 7.20. The van der Waals surface area contributed by atoms with Crippen LogP contribution in [-0.2, 0) is 0 Å². The van der Waals surface area contributed by atoms with Crippen LogP contribution in [0.5, 0.6) is 0 Å². The van der Waals surface area contributed by atoms with E-state index in [9.17, 15) is 9.18 Å². The molecule has 3 rings (SSSR count). The van der Waals surface area contributed by atoms with Gasteiger partial charge in [0.1, 0.15) is 10.7 Å². The number of thiophene rings is 1. The van der Waals surface area contributed by atoms with Gasteiger partial charge in [0, 0.05) is 16.1 Å². The molecule has 1 aliphatic carbocycles. The lowest BCUT2D eigenvalue weighted by Gasteiger charge is -2.02. The SMILES string of the molecule is CCC1CC1NC(=O)c1sc2ccc(F)cc2c1N. The summed E-state index contributed by atoms with van der Waals surface area (Å²) in [6, 6.07) is 4.70. The zero-order valence-electron chi connectivity index (χ0n) is 10.6. The van der Waals surface area contributed by atoms with Crippen molar-refractivity contribution in [2.75, 3.05) is 5.73 Å². The molecule has 1 fully saturated rings. The van der Waals surface area contributed by atoms with Crippen LogP contribution in [-0.4, -0.2) is 11.9 Å².